The van der Waals surface area contributed by atoms with E-state index in [1.165, 1.54) is 22.9 Å². The molecule has 1 aliphatic rings. The van der Waals surface area contributed by atoms with E-state index in [0.29, 0.717) is 15.8 Å². The minimum atomic E-state index is -0.152. The van der Waals surface area contributed by atoms with Crippen LogP contribution in [0.5, 0.6) is 5.75 Å². The lowest BCUT2D eigenvalue weighted by molar-refractivity contribution is -0.115. The first kappa shape index (κ1) is 19.2. The molecule has 0 spiro atoms. The van der Waals surface area contributed by atoms with Crippen LogP contribution in [0, 0.1) is 13.8 Å². The fourth-order valence-electron chi connectivity index (χ4n) is 2.40. The summed E-state index contributed by atoms with van der Waals surface area (Å²) >= 11 is 8.28. The number of methoxy groups -OCH3 is 1. The Morgan fingerprint density at radius 3 is 2.42 bits per heavy atom. The van der Waals surface area contributed by atoms with Crippen LogP contribution in [0.25, 0.3) is 6.08 Å². The number of nitrogens with zero attached hydrogens (tertiary/aromatic N) is 1. The van der Waals surface area contributed by atoms with Gasteiger partial charge in [-0.3, -0.25) is 4.79 Å². The molecule has 0 radical (unpaired) electrons. The molecule has 1 amide bonds. The number of carbonyl (C=O) groups excluding carboxylic acids is 1. The van der Waals surface area contributed by atoms with E-state index in [4.69, 9.17) is 4.74 Å². The predicted octanol–water partition coefficient (Wildman–Crippen LogP) is 5.73. The third-order valence-corrected chi connectivity index (χ3v) is 5.98. The van der Waals surface area contributed by atoms with Gasteiger partial charge in [-0.05, 0) is 105 Å². The third kappa shape index (κ3) is 4.22. The van der Waals surface area contributed by atoms with Crippen molar-refractivity contribution in [1.82, 2.24) is 5.32 Å². The number of ether oxygens (including phenoxy) is 1. The number of thioether (sulfide) groups is 1. The molecule has 1 N–H and O–H groups in total. The quantitative estimate of drug-likeness (QED) is 0.553. The Hall–Kier alpha value is -1.57. The lowest BCUT2D eigenvalue weighted by Crippen LogP contribution is -2.19. The summed E-state index contributed by atoms with van der Waals surface area (Å²) in [7, 11) is 1.61. The highest BCUT2D eigenvalue weighted by Crippen LogP contribution is 2.36. The molecule has 0 aliphatic carbocycles. The number of carbonyl (C=O) groups is 1. The molecule has 0 aromatic heterocycles. The predicted molar refractivity (Wildman–Crippen MR) is 115 cm³/mol. The second-order valence-electron chi connectivity index (χ2n) is 5.77. The van der Waals surface area contributed by atoms with Crippen molar-refractivity contribution in [1.29, 1.82) is 0 Å². The van der Waals surface area contributed by atoms with E-state index in [-0.39, 0.29) is 5.91 Å². The van der Waals surface area contributed by atoms with Crippen molar-refractivity contribution in [2.45, 2.75) is 13.8 Å². The number of benzene rings is 2. The maximum Gasteiger partial charge on any atom is 0.264 e. The first-order valence-corrected chi connectivity index (χ1v) is 10.2. The van der Waals surface area contributed by atoms with Crippen LogP contribution < -0.4 is 10.1 Å². The zero-order chi connectivity index (χ0) is 18.8. The molecule has 134 valence electrons. The standard InChI is InChI=1S/C19H16Br2N2O2S/c1-10-4-5-13(6-11(10)2)22-19-23-18(24)16(26-19)9-12-7-14(20)17(25-3)15(21)8-12/h4-9H,1-3H3,(H,22,23,24). The van der Waals surface area contributed by atoms with E-state index in [2.05, 4.69) is 49.1 Å². The number of amidine groups is 1. The van der Waals surface area contributed by atoms with Crippen molar-refractivity contribution in [3.63, 3.8) is 0 Å². The molecule has 0 saturated carbocycles. The van der Waals surface area contributed by atoms with E-state index >= 15 is 0 Å². The van der Waals surface area contributed by atoms with Crippen molar-refractivity contribution in [2.75, 3.05) is 7.11 Å². The van der Waals surface area contributed by atoms with Crippen LogP contribution in [0.1, 0.15) is 16.7 Å². The van der Waals surface area contributed by atoms with Crippen LogP contribution in [-0.2, 0) is 4.79 Å². The van der Waals surface area contributed by atoms with E-state index < -0.39 is 0 Å². The lowest BCUT2D eigenvalue weighted by atomic mass is 10.1. The van der Waals surface area contributed by atoms with Gasteiger partial charge in [0.25, 0.3) is 5.91 Å². The van der Waals surface area contributed by atoms with Gasteiger partial charge in [0.1, 0.15) is 5.75 Å². The molecule has 0 unspecified atom stereocenters. The zero-order valence-electron chi connectivity index (χ0n) is 14.4. The van der Waals surface area contributed by atoms with Gasteiger partial charge in [-0.1, -0.05) is 6.07 Å². The van der Waals surface area contributed by atoms with Gasteiger partial charge in [-0.25, -0.2) is 4.99 Å². The summed E-state index contributed by atoms with van der Waals surface area (Å²) in [5.74, 6) is 0.563. The minimum absolute atomic E-state index is 0.152. The Kier molecular flexibility index (Phi) is 5.89. The third-order valence-electron chi connectivity index (χ3n) is 3.89. The van der Waals surface area contributed by atoms with Crippen molar-refractivity contribution in [2.24, 2.45) is 4.99 Å². The molecule has 1 fully saturated rings. The highest BCUT2D eigenvalue weighted by Gasteiger charge is 2.24. The van der Waals surface area contributed by atoms with Crippen LogP contribution in [0.15, 0.2) is 49.2 Å². The lowest BCUT2D eigenvalue weighted by Gasteiger charge is -2.07. The summed E-state index contributed by atoms with van der Waals surface area (Å²) in [5.41, 5.74) is 4.10. The highest BCUT2D eigenvalue weighted by molar-refractivity contribution is 9.11. The summed E-state index contributed by atoms with van der Waals surface area (Å²) in [4.78, 5) is 17.4. The number of nitrogens with one attached hydrogen (secondary N) is 1. The number of amides is 1. The van der Waals surface area contributed by atoms with E-state index in [9.17, 15) is 4.79 Å². The van der Waals surface area contributed by atoms with E-state index in [1.54, 1.807) is 7.11 Å². The molecule has 1 aliphatic heterocycles. The Labute approximate surface area is 173 Å². The summed E-state index contributed by atoms with van der Waals surface area (Å²) < 4.78 is 6.93. The molecule has 1 heterocycles. The van der Waals surface area contributed by atoms with Crippen LogP contribution in [0.3, 0.4) is 0 Å². The molecule has 2 aromatic carbocycles. The molecular formula is C19H16Br2N2O2S. The van der Waals surface area contributed by atoms with E-state index in [0.717, 1.165) is 20.2 Å². The molecular weight excluding hydrogens is 480 g/mol. The largest absolute Gasteiger partial charge is 0.494 e. The monoisotopic (exact) mass is 494 g/mol. The number of rotatable bonds is 3. The second-order valence-corrected chi connectivity index (χ2v) is 8.51. The second kappa shape index (κ2) is 7.98. The maximum atomic E-state index is 12.3. The molecule has 7 heteroatoms. The SMILES string of the molecule is COc1c(Br)cc(C=C2SC(=Nc3ccc(C)c(C)c3)NC2=O)cc1Br. The topological polar surface area (TPSA) is 50.7 Å². The van der Waals surface area contributed by atoms with Crippen molar-refractivity contribution in [3.8, 4) is 5.75 Å². The van der Waals surface area contributed by atoms with Crippen molar-refractivity contribution in [3.05, 3.63) is 60.9 Å². The molecule has 2 aromatic rings. The Morgan fingerprint density at radius 1 is 1.12 bits per heavy atom. The maximum absolute atomic E-state index is 12.3. The molecule has 1 saturated heterocycles. The normalized spacial score (nSPS) is 17.0. The van der Waals surface area contributed by atoms with Gasteiger partial charge in [-0.2, -0.15) is 0 Å². The number of hydrogen-bond donors (Lipinski definition) is 1. The van der Waals surface area contributed by atoms with Crippen LogP contribution >= 0.6 is 43.6 Å². The Bertz CT molecular complexity index is 932. The minimum Gasteiger partial charge on any atom is -0.494 e. The highest BCUT2D eigenvalue weighted by atomic mass is 79.9. The van der Waals surface area contributed by atoms with Gasteiger partial charge < -0.3 is 10.1 Å². The molecule has 3 rings (SSSR count). The van der Waals surface area contributed by atoms with Gasteiger partial charge in [0.15, 0.2) is 5.17 Å². The molecule has 26 heavy (non-hydrogen) atoms. The van der Waals surface area contributed by atoms with Crippen LogP contribution in [0.4, 0.5) is 5.69 Å². The number of halogens is 2. The molecule has 4 nitrogen and oxygen atoms in total. The van der Waals surface area contributed by atoms with Gasteiger partial charge in [0.2, 0.25) is 0 Å². The van der Waals surface area contributed by atoms with E-state index in [1.807, 2.05) is 43.3 Å². The summed E-state index contributed by atoms with van der Waals surface area (Å²) in [5, 5.41) is 3.40. The Morgan fingerprint density at radius 2 is 1.81 bits per heavy atom. The fourth-order valence-corrected chi connectivity index (χ4v) is 4.79. The number of aliphatic imine (C=N–C) groups is 1. The number of aryl methyl sites for hydroxylation is 2. The van der Waals surface area contributed by atoms with Crippen LogP contribution in [0.2, 0.25) is 0 Å². The average molecular weight is 496 g/mol. The molecule has 0 atom stereocenters. The fraction of sp³-hybridized carbons (Fsp3) is 0.158. The first-order valence-electron chi connectivity index (χ1n) is 7.77. The van der Waals surface area contributed by atoms with Gasteiger partial charge in [0.05, 0.1) is 26.6 Å². The van der Waals surface area contributed by atoms with Gasteiger partial charge in [-0.15, -0.1) is 0 Å². The average Bonchev–Trinajstić information content (AvgIpc) is 2.90. The Balaban J connectivity index is 1.86. The van der Waals surface area contributed by atoms with Crippen molar-refractivity contribution >= 4 is 66.5 Å². The summed E-state index contributed by atoms with van der Waals surface area (Å²) in [6.45, 7) is 4.11. The zero-order valence-corrected chi connectivity index (χ0v) is 18.4. The summed E-state index contributed by atoms with van der Waals surface area (Å²) in [6.07, 6.45) is 1.83. The van der Waals surface area contributed by atoms with Crippen LogP contribution in [-0.4, -0.2) is 18.2 Å². The summed E-state index contributed by atoms with van der Waals surface area (Å²) in [6, 6.07) is 9.79. The van der Waals surface area contributed by atoms with Gasteiger partial charge >= 0.3 is 0 Å². The molecule has 0 bridgehead atoms. The first-order chi connectivity index (χ1) is 12.4. The smallest absolute Gasteiger partial charge is 0.264 e. The number of hydrogen-bond acceptors (Lipinski definition) is 4. The van der Waals surface area contributed by atoms with Crippen molar-refractivity contribution < 1.29 is 9.53 Å². The van der Waals surface area contributed by atoms with Gasteiger partial charge in [0, 0.05) is 0 Å².